The first-order chi connectivity index (χ1) is 14.0. The molecular weight excluding hydrogens is 378 g/mol. The lowest BCUT2D eigenvalue weighted by Gasteiger charge is -2.28. The van der Waals surface area contributed by atoms with Crippen LogP contribution in [0.25, 0.3) is 11.2 Å². The maximum absolute atomic E-state index is 13.8. The van der Waals surface area contributed by atoms with Crippen molar-refractivity contribution in [1.29, 1.82) is 0 Å². The van der Waals surface area contributed by atoms with Crippen LogP contribution in [-0.4, -0.2) is 26.9 Å². The Labute approximate surface area is 166 Å². The third-order valence-electron chi connectivity index (χ3n) is 5.43. The molecule has 8 heteroatoms. The van der Waals surface area contributed by atoms with Gasteiger partial charge in [-0.3, -0.25) is 4.79 Å². The van der Waals surface area contributed by atoms with Gasteiger partial charge in [-0.2, -0.15) is 0 Å². The molecule has 1 aromatic carbocycles. The minimum absolute atomic E-state index is 0.0111. The van der Waals surface area contributed by atoms with Gasteiger partial charge in [0, 0.05) is 18.3 Å². The number of ether oxygens (including phenoxy) is 1. The van der Waals surface area contributed by atoms with Crippen molar-refractivity contribution in [2.45, 2.75) is 45.1 Å². The first-order valence-electron chi connectivity index (χ1n) is 9.79. The fraction of sp³-hybridized carbons (Fsp3) is 0.381. The number of carbonyl (C=O) groups is 1. The lowest BCUT2D eigenvalue weighted by molar-refractivity contribution is 0.0921. The molecule has 1 amide bonds. The van der Waals surface area contributed by atoms with Gasteiger partial charge in [-0.1, -0.05) is 19.3 Å². The Morgan fingerprint density at radius 2 is 2.07 bits per heavy atom. The third-order valence-corrected chi connectivity index (χ3v) is 5.43. The second-order valence-electron chi connectivity index (χ2n) is 7.44. The van der Waals surface area contributed by atoms with Crippen LogP contribution in [0.15, 0.2) is 30.6 Å². The third kappa shape index (κ3) is 4.21. The number of amides is 1. The van der Waals surface area contributed by atoms with Crippen LogP contribution in [0.2, 0.25) is 0 Å². The minimum atomic E-state index is -0.847. The van der Waals surface area contributed by atoms with Crippen molar-refractivity contribution >= 4 is 17.1 Å². The SMILES string of the molecule is C[C@H](NC(=O)c1c[nH]c2ncc(Oc3ccc(F)cc3F)nc12)C1CCCCC1. The maximum Gasteiger partial charge on any atom is 0.255 e. The van der Waals surface area contributed by atoms with Crippen LogP contribution in [0.1, 0.15) is 49.4 Å². The van der Waals surface area contributed by atoms with Gasteiger partial charge in [0.1, 0.15) is 11.3 Å². The summed E-state index contributed by atoms with van der Waals surface area (Å²) >= 11 is 0. The maximum atomic E-state index is 13.8. The summed E-state index contributed by atoms with van der Waals surface area (Å²) in [5.41, 5.74) is 1.10. The van der Waals surface area contributed by atoms with Crippen LogP contribution >= 0.6 is 0 Å². The molecule has 0 spiro atoms. The molecule has 29 heavy (non-hydrogen) atoms. The summed E-state index contributed by atoms with van der Waals surface area (Å²) in [6.07, 6.45) is 8.76. The zero-order chi connectivity index (χ0) is 20.4. The number of carbonyl (C=O) groups excluding carboxylic acids is 1. The van der Waals surface area contributed by atoms with E-state index in [1.165, 1.54) is 31.5 Å². The number of nitrogens with zero attached hydrogens (tertiary/aromatic N) is 2. The van der Waals surface area contributed by atoms with Crippen LogP contribution in [0.3, 0.4) is 0 Å². The van der Waals surface area contributed by atoms with E-state index in [0.29, 0.717) is 22.6 Å². The molecule has 1 atom stereocenters. The average molecular weight is 400 g/mol. The van der Waals surface area contributed by atoms with Gasteiger partial charge in [-0.05, 0) is 37.8 Å². The molecule has 1 aliphatic rings. The van der Waals surface area contributed by atoms with Gasteiger partial charge in [0.2, 0.25) is 5.88 Å². The molecule has 1 fully saturated rings. The van der Waals surface area contributed by atoms with Crippen LogP contribution in [0.4, 0.5) is 8.78 Å². The summed E-state index contributed by atoms with van der Waals surface area (Å²) < 4.78 is 32.3. The van der Waals surface area contributed by atoms with Gasteiger partial charge in [0.05, 0.1) is 11.8 Å². The fourth-order valence-corrected chi connectivity index (χ4v) is 3.80. The molecule has 3 aromatic rings. The molecule has 0 bridgehead atoms. The van der Waals surface area contributed by atoms with Crippen LogP contribution in [-0.2, 0) is 0 Å². The van der Waals surface area contributed by atoms with E-state index in [1.54, 1.807) is 6.20 Å². The zero-order valence-corrected chi connectivity index (χ0v) is 16.0. The topological polar surface area (TPSA) is 79.9 Å². The molecular formula is C21H22F2N4O2. The smallest absolute Gasteiger partial charge is 0.255 e. The summed E-state index contributed by atoms with van der Waals surface area (Å²) in [7, 11) is 0. The number of rotatable bonds is 5. The van der Waals surface area contributed by atoms with E-state index in [4.69, 9.17) is 4.74 Å². The highest BCUT2D eigenvalue weighted by Gasteiger charge is 2.23. The predicted octanol–water partition coefficient (Wildman–Crippen LogP) is 4.73. The molecule has 1 saturated carbocycles. The van der Waals surface area contributed by atoms with Crippen LogP contribution in [0, 0.1) is 17.6 Å². The fourth-order valence-electron chi connectivity index (χ4n) is 3.80. The lowest BCUT2D eigenvalue weighted by Crippen LogP contribution is -2.38. The Kier molecular flexibility index (Phi) is 5.42. The number of hydrogen-bond donors (Lipinski definition) is 2. The number of benzene rings is 1. The van der Waals surface area contributed by atoms with Gasteiger partial charge in [-0.25, -0.2) is 18.7 Å². The summed E-state index contributed by atoms with van der Waals surface area (Å²) in [6.45, 7) is 2.03. The van der Waals surface area contributed by atoms with E-state index in [2.05, 4.69) is 20.3 Å². The molecule has 4 rings (SSSR count). The van der Waals surface area contributed by atoms with E-state index < -0.39 is 11.6 Å². The minimum Gasteiger partial charge on any atom is -0.434 e. The highest BCUT2D eigenvalue weighted by Crippen LogP contribution is 2.28. The Morgan fingerprint density at radius 3 is 2.83 bits per heavy atom. The number of aromatic nitrogens is 3. The molecule has 2 heterocycles. The molecule has 6 nitrogen and oxygen atoms in total. The van der Waals surface area contributed by atoms with Gasteiger partial charge in [0.15, 0.2) is 17.2 Å². The second-order valence-corrected chi connectivity index (χ2v) is 7.44. The van der Waals surface area contributed by atoms with Crippen LogP contribution in [0.5, 0.6) is 11.6 Å². The largest absolute Gasteiger partial charge is 0.434 e. The number of nitrogens with one attached hydrogen (secondary N) is 2. The molecule has 2 aromatic heterocycles. The first kappa shape index (κ1) is 19.3. The van der Waals surface area contributed by atoms with Crippen molar-refractivity contribution in [3.05, 3.63) is 47.8 Å². The Balaban J connectivity index is 1.54. The van der Waals surface area contributed by atoms with E-state index in [-0.39, 0.29) is 23.6 Å². The molecule has 0 radical (unpaired) electrons. The lowest BCUT2D eigenvalue weighted by atomic mass is 9.84. The highest BCUT2D eigenvalue weighted by molar-refractivity contribution is 6.04. The van der Waals surface area contributed by atoms with Crippen molar-refractivity contribution in [1.82, 2.24) is 20.3 Å². The van der Waals surface area contributed by atoms with Gasteiger partial charge >= 0.3 is 0 Å². The van der Waals surface area contributed by atoms with E-state index in [1.807, 2.05) is 6.92 Å². The molecule has 152 valence electrons. The predicted molar refractivity (Wildman–Crippen MR) is 104 cm³/mol. The Hall–Kier alpha value is -3.03. The molecule has 0 saturated heterocycles. The number of hydrogen-bond acceptors (Lipinski definition) is 4. The summed E-state index contributed by atoms with van der Waals surface area (Å²) in [5.74, 6) is -1.48. The normalized spacial score (nSPS) is 16.0. The van der Waals surface area contributed by atoms with Crippen molar-refractivity contribution in [2.24, 2.45) is 5.92 Å². The van der Waals surface area contributed by atoms with Gasteiger partial charge in [-0.15, -0.1) is 0 Å². The Morgan fingerprint density at radius 1 is 1.28 bits per heavy atom. The summed E-state index contributed by atoms with van der Waals surface area (Å²) in [4.78, 5) is 24.2. The van der Waals surface area contributed by atoms with Crippen molar-refractivity contribution in [3.63, 3.8) is 0 Å². The molecule has 2 N–H and O–H groups in total. The number of H-pyrrole nitrogens is 1. The summed E-state index contributed by atoms with van der Waals surface area (Å²) in [5, 5.41) is 3.06. The monoisotopic (exact) mass is 400 g/mol. The van der Waals surface area contributed by atoms with Crippen molar-refractivity contribution in [2.75, 3.05) is 0 Å². The second kappa shape index (κ2) is 8.14. The Bertz CT molecular complexity index is 1030. The van der Waals surface area contributed by atoms with E-state index >= 15 is 0 Å². The van der Waals surface area contributed by atoms with Crippen LogP contribution < -0.4 is 10.1 Å². The zero-order valence-electron chi connectivity index (χ0n) is 16.0. The van der Waals surface area contributed by atoms with Gasteiger partial charge in [0.25, 0.3) is 5.91 Å². The average Bonchev–Trinajstić information content (AvgIpc) is 3.14. The van der Waals surface area contributed by atoms with E-state index in [9.17, 15) is 13.6 Å². The molecule has 1 aliphatic carbocycles. The van der Waals surface area contributed by atoms with Gasteiger partial charge < -0.3 is 15.0 Å². The molecule has 0 aliphatic heterocycles. The summed E-state index contributed by atoms with van der Waals surface area (Å²) in [6, 6.07) is 3.05. The quantitative estimate of drug-likeness (QED) is 0.649. The van der Waals surface area contributed by atoms with Crippen molar-refractivity contribution < 1.29 is 18.3 Å². The highest BCUT2D eigenvalue weighted by atomic mass is 19.1. The molecule has 0 unspecified atom stereocenters. The van der Waals surface area contributed by atoms with Crippen molar-refractivity contribution in [3.8, 4) is 11.6 Å². The first-order valence-corrected chi connectivity index (χ1v) is 9.79. The van der Waals surface area contributed by atoms with E-state index in [0.717, 1.165) is 25.0 Å². The number of fused-ring (bicyclic) bond motifs is 1. The number of aromatic amines is 1. The number of halogens is 2. The standard InChI is InChI=1S/C21H22F2N4O2/c1-12(13-5-3-2-4-6-13)26-21(28)15-10-24-20-19(15)27-18(11-25-20)29-17-8-7-14(22)9-16(17)23/h7-13H,2-6H2,1H3,(H,24,25)(H,26,28)/t12-/m0/s1.